The van der Waals surface area contributed by atoms with E-state index >= 15 is 0 Å². The lowest BCUT2D eigenvalue weighted by Gasteiger charge is -2.34. The standard InChI is InChI=1S/C26H35N3O4/c1-18(2)17-33-25-15-20(8-13-24(25)32-4)16-29-14-6-5-7-23(29)26(31)28-22-11-9-21(10-12-22)27-19(3)30/h8-13,15,18,23H,5-7,14,16-17H2,1-4H3,(H,27,30)(H,28,31). The molecule has 2 N–H and O–H groups in total. The fraction of sp³-hybridized carbons (Fsp3) is 0.462. The first-order valence-electron chi connectivity index (χ1n) is 11.6. The van der Waals surface area contributed by atoms with Crippen LogP contribution in [-0.4, -0.2) is 43.0 Å². The number of benzene rings is 2. The van der Waals surface area contributed by atoms with Gasteiger partial charge in [0.15, 0.2) is 11.5 Å². The Labute approximate surface area is 196 Å². The number of ether oxygens (including phenoxy) is 2. The number of hydrogen-bond donors (Lipinski definition) is 2. The molecule has 2 aromatic rings. The number of methoxy groups -OCH3 is 1. The Balaban J connectivity index is 1.68. The first kappa shape index (κ1) is 24.6. The van der Waals surface area contributed by atoms with Gasteiger partial charge in [-0.15, -0.1) is 0 Å². The van der Waals surface area contributed by atoms with Crippen LogP contribution in [-0.2, 0) is 16.1 Å². The van der Waals surface area contributed by atoms with Crippen LogP contribution in [0, 0.1) is 5.92 Å². The SMILES string of the molecule is COc1ccc(CN2CCCCC2C(=O)Nc2ccc(NC(C)=O)cc2)cc1OCC(C)C. The summed E-state index contributed by atoms with van der Waals surface area (Å²) in [5, 5.41) is 5.76. The van der Waals surface area contributed by atoms with Crippen molar-refractivity contribution in [3.8, 4) is 11.5 Å². The molecule has 178 valence electrons. The zero-order valence-corrected chi connectivity index (χ0v) is 20.0. The van der Waals surface area contributed by atoms with Crippen LogP contribution in [0.15, 0.2) is 42.5 Å². The highest BCUT2D eigenvalue weighted by molar-refractivity contribution is 5.95. The Morgan fingerprint density at radius 1 is 1.03 bits per heavy atom. The molecule has 0 aliphatic carbocycles. The smallest absolute Gasteiger partial charge is 0.241 e. The Kier molecular flexibility index (Phi) is 8.72. The summed E-state index contributed by atoms with van der Waals surface area (Å²) < 4.78 is 11.4. The Bertz CT molecular complexity index is 943. The van der Waals surface area contributed by atoms with Gasteiger partial charge in [0.2, 0.25) is 11.8 Å². The van der Waals surface area contributed by atoms with Gasteiger partial charge in [0.05, 0.1) is 19.8 Å². The molecule has 3 rings (SSSR count). The summed E-state index contributed by atoms with van der Waals surface area (Å²) in [7, 11) is 1.64. The summed E-state index contributed by atoms with van der Waals surface area (Å²) >= 11 is 0. The molecule has 1 fully saturated rings. The van der Waals surface area contributed by atoms with Gasteiger partial charge in [-0.1, -0.05) is 26.3 Å². The van der Waals surface area contributed by atoms with Crippen LogP contribution in [0.2, 0.25) is 0 Å². The Morgan fingerprint density at radius 3 is 2.36 bits per heavy atom. The van der Waals surface area contributed by atoms with Crippen LogP contribution in [0.4, 0.5) is 11.4 Å². The fourth-order valence-electron chi connectivity index (χ4n) is 3.97. The van der Waals surface area contributed by atoms with Crippen molar-refractivity contribution in [2.75, 3.05) is 30.9 Å². The van der Waals surface area contributed by atoms with Crippen LogP contribution in [0.25, 0.3) is 0 Å². The normalized spacial score (nSPS) is 16.3. The first-order chi connectivity index (χ1) is 15.9. The third-order valence-electron chi connectivity index (χ3n) is 5.57. The summed E-state index contributed by atoms with van der Waals surface area (Å²) in [6.45, 7) is 7.85. The van der Waals surface area contributed by atoms with E-state index in [-0.39, 0.29) is 17.9 Å². The monoisotopic (exact) mass is 453 g/mol. The number of amides is 2. The number of rotatable bonds is 9. The highest BCUT2D eigenvalue weighted by Gasteiger charge is 2.29. The predicted octanol–water partition coefficient (Wildman–Crippen LogP) is 4.68. The van der Waals surface area contributed by atoms with Crippen molar-refractivity contribution in [2.24, 2.45) is 5.92 Å². The molecule has 1 aliphatic rings. The van der Waals surface area contributed by atoms with Gasteiger partial charge in [-0.25, -0.2) is 0 Å². The van der Waals surface area contributed by atoms with Gasteiger partial charge < -0.3 is 20.1 Å². The maximum absolute atomic E-state index is 13.1. The van der Waals surface area contributed by atoms with Crippen LogP contribution in [0.3, 0.4) is 0 Å². The Hall–Kier alpha value is -3.06. The third-order valence-corrected chi connectivity index (χ3v) is 5.57. The van der Waals surface area contributed by atoms with Gasteiger partial charge in [0.1, 0.15) is 0 Å². The maximum atomic E-state index is 13.1. The number of carbonyl (C=O) groups excluding carboxylic acids is 2. The van der Waals surface area contributed by atoms with Crippen molar-refractivity contribution in [3.63, 3.8) is 0 Å². The lowest BCUT2D eigenvalue weighted by molar-refractivity contribution is -0.122. The van der Waals surface area contributed by atoms with Crippen molar-refractivity contribution in [2.45, 2.75) is 52.6 Å². The summed E-state index contributed by atoms with van der Waals surface area (Å²) in [5.41, 5.74) is 2.51. The van der Waals surface area contributed by atoms with Crippen molar-refractivity contribution >= 4 is 23.2 Å². The second kappa shape index (κ2) is 11.7. The zero-order valence-electron chi connectivity index (χ0n) is 20.0. The number of nitrogens with zero attached hydrogens (tertiary/aromatic N) is 1. The Morgan fingerprint density at radius 2 is 1.73 bits per heavy atom. The van der Waals surface area contributed by atoms with Gasteiger partial charge >= 0.3 is 0 Å². The molecule has 0 bridgehead atoms. The van der Waals surface area contributed by atoms with E-state index in [0.717, 1.165) is 42.9 Å². The first-order valence-corrected chi connectivity index (χ1v) is 11.6. The van der Waals surface area contributed by atoms with Crippen molar-refractivity contribution in [3.05, 3.63) is 48.0 Å². The van der Waals surface area contributed by atoms with Crippen LogP contribution < -0.4 is 20.1 Å². The summed E-state index contributed by atoms with van der Waals surface area (Å²) in [6.07, 6.45) is 2.92. The highest BCUT2D eigenvalue weighted by Crippen LogP contribution is 2.30. The fourth-order valence-corrected chi connectivity index (χ4v) is 3.97. The zero-order chi connectivity index (χ0) is 23.8. The number of carbonyl (C=O) groups is 2. The van der Waals surface area contributed by atoms with Gasteiger partial charge in [0, 0.05) is 24.8 Å². The second-order valence-electron chi connectivity index (χ2n) is 8.92. The minimum absolute atomic E-state index is 0.00762. The minimum atomic E-state index is -0.198. The second-order valence-corrected chi connectivity index (χ2v) is 8.92. The van der Waals surface area contributed by atoms with Crippen molar-refractivity contribution < 1.29 is 19.1 Å². The van der Waals surface area contributed by atoms with E-state index in [4.69, 9.17) is 9.47 Å². The third kappa shape index (κ3) is 7.22. The topological polar surface area (TPSA) is 79.9 Å². The maximum Gasteiger partial charge on any atom is 0.241 e. The summed E-state index contributed by atoms with van der Waals surface area (Å²) in [6, 6.07) is 13.0. The molecule has 2 aromatic carbocycles. The van der Waals surface area contributed by atoms with E-state index in [1.165, 1.54) is 6.92 Å². The van der Waals surface area contributed by atoms with Crippen molar-refractivity contribution in [1.29, 1.82) is 0 Å². The largest absolute Gasteiger partial charge is 0.493 e. The molecule has 1 aliphatic heterocycles. The van der Waals surface area contributed by atoms with Crippen molar-refractivity contribution in [1.82, 2.24) is 4.90 Å². The van der Waals surface area contributed by atoms with Gasteiger partial charge in [-0.05, 0) is 67.3 Å². The van der Waals surface area contributed by atoms with E-state index in [0.29, 0.717) is 30.4 Å². The molecule has 0 saturated carbocycles. The van der Waals surface area contributed by atoms with Gasteiger partial charge in [0.25, 0.3) is 0 Å². The molecule has 7 heteroatoms. The molecule has 1 saturated heterocycles. The van der Waals surface area contributed by atoms with Crippen LogP contribution in [0.1, 0.15) is 45.6 Å². The molecule has 0 aromatic heterocycles. The lowest BCUT2D eigenvalue weighted by atomic mass is 10.00. The average molecular weight is 454 g/mol. The molecular weight excluding hydrogens is 418 g/mol. The molecule has 0 spiro atoms. The number of piperidine rings is 1. The van der Waals surface area contributed by atoms with Crippen LogP contribution in [0.5, 0.6) is 11.5 Å². The minimum Gasteiger partial charge on any atom is -0.493 e. The summed E-state index contributed by atoms with van der Waals surface area (Å²) in [5.74, 6) is 1.74. The van der Waals surface area contributed by atoms with E-state index < -0.39 is 0 Å². The number of anilines is 2. The molecule has 33 heavy (non-hydrogen) atoms. The number of nitrogens with one attached hydrogen (secondary N) is 2. The molecule has 0 radical (unpaired) electrons. The molecule has 1 unspecified atom stereocenters. The molecule has 2 amide bonds. The number of likely N-dealkylation sites (tertiary alicyclic amines) is 1. The van der Waals surface area contributed by atoms with E-state index in [2.05, 4.69) is 29.4 Å². The average Bonchev–Trinajstić information content (AvgIpc) is 2.79. The van der Waals surface area contributed by atoms with Crippen LogP contribution >= 0.6 is 0 Å². The highest BCUT2D eigenvalue weighted by atomic mass is 16.5. The molecule has 1 heterocycles. The van der Waals surface area contributed by atoms with Gasteiger partial charge in [-0.3, -0.25) is 14.5 Å². The van der Waals surface area contributed by atoms with E-state index in [9.17, 15) is 9.59 Å². The van der Waals surface area contributed by atoms with E-state index in [1.54, 1.807) is 31.4 Å². The molecule has 7 nitrogen and oxygen atoms in total. The lowest BCUT2D eigenvalue weighted by Crippen LogP contribution is -2.46. The predicted molar refractivity (Wildman–Crippen MR) is 131 cm³/mol. The number of hydrogen-bond acceptors (Lipinski definition) is 5. The summed E-state index contributed by atoms with van der Waals surface area (Å²) in [4.78, 5) is 26.5. The van der Waals surface area contributed by atoms with Gasteiger partial charge in [-0.2, -0.15) is 0 Å². The quantitative estimate of drug-likeness (QED) is 0.576. The molecular formula is C26H35N3O4. The molecule has 1 atom stereocenters. The van der Waals surface area contributed by atoms with E-state index in [1.807, 2.05) is 18.2 Å².